The number of benzene rings is 1. The smallest absolute Gasteiger partial charge is 0.335 e. The highest BCUT2D eigenvalue weighted by atomic mass is 127. The Morgan fingerprint density at radius 3 is 2.50 bits per heavy atom. The highest BCUT2D eigenvalue weighted by Crippen LogP contribution is 2.26. The Bertz CT molecular complexity index is 527. The third-order valence-electron chi connectivity index (χ3n) is 2.11. The molecule has 16 heavy (non-hydrogen) atoms. The lowest BCUT2D eigenvalue weighted by molar-refractivity contribution is 0.555. The van der Waals surface area contributed by atoms with Crippen molar-refractivity contribution in [1.82, 2.24) is 0 Å². The molecule has 2 aromatic rings. The summed E-state index contributed by atoms with van der Waals surface area (Å²) < 4.78 is 23.5. The predicted octanol–water partition coefficient (Wildman–Crippen LogP) is 3.24. The van der Waals surface area contributed by atoms with E-state index in [1.54, 1.807) is 0 Å². The minimum Gasteiger partial charge on any atom is -0.460 e. The van der Waals surface area contributed by atoms with Crippen molar-refractivity contribution in [3.63, 3.8) is 0 Å². The zero-order valence-corrected chi connectivity index (χ0v) is 11.9. The zero-order chi connectivity index (χ0) is 12.1. The fraction of sp³-hybridized carbons (Fsp3) is 0.273. The van der Waals surface area contributed by atoms with Gasteiger partial charge in [0.05, 0.1) is 3.57 Å². The zero-order valence-electron chi connectivity index (χ0n) is 8.95. The van der Waals surface area contributed by atoms with Gasteiger partial charge in [0, 0.05) is 11.8 Å². The SMILES string of the molecule is CCc1cc2cc(C)cc(I)c2o1.O=S=O. The van der Waals surface area contributed by atoms with E-state index < -0.39 is 11.6 Å². The third-order valence-corrected chi connectivity index (χ3v) is 2.92. The van der Waals surface area contributed by atoms with E-state index in [0.717, 1.165) is 17.8 Å². The molecule has 0 radical (unpaired) electrons. The van der Waals surface area contributed by atoms with Gasteiger partial charge in [-0.3, -0.25) is 0 Å². The molecule has 0 atom stereocenters. The normalized spacial score (nSPS) is 9.69. The molecule has 3 nitrogen and oxygen atoms in total. The topological polar surface area (TPSA) is 47.3 Å². The molecule has 0 aliphatic carbocycles. The van der Waals surface area contributed by atoms with Crippen LogP contribution in [0.5, 0.6) is 0 Å². The Kier molecular flexibility index (Phi) is 5.14. The van der Waals surface area contributed by atoms with Crippen LogP contribution in [0.2, 0.25) is 0 Å². The molecule has 0 aliphatic heterocycles. The Labute approximate surface area is 111 Å². The van der Waals surface area contributed by atoms with Crippen LogP contribution >= 0.6 is 22.6 Å². The van der Waals surface area contributed by atoms with Gasteiger partial charge in [-0.25, -0.2) is 0 Å². The Morgan fingerprint density at radius 1 is 1.31 bits per heavy atom. The molecule has 86 valence electrons. The molecule has 0 fully saturated rings. The predicted molar refractivity (Wildman–Crippen MR) is 72.0 cm³/mol. The monoisotopic (exact) mass is 350 g/mol. The summed E-state index contributed by atoms with van der Waals surface area (Å²) in [5.41, 5.74) is 2.32. The van der Waals surface area contributed by atoms with Gasteiger partial charge in [-0.2, -0.15) is 8.42 Å². The Balaban J connectivity index is 0.000000386. The minimum atomic E-state index is -0.750. The van der Waals surface area contributed by atoms with Crippen molar-refractivity contribution >= 4 is 45.1 Å². The van der Waals surface area contributed by atoms with Crippen molar-refractivity contribution < 1.29 is 12.8 Å². The molecule has 0 amide bonds. The lowest BCUT2D eigenvalue weighted by Crippen LogP contribution is -1.75. The van der Waals surface area contributed by atoms with Gasteiger partial charge < -0.3 is 4.42 Å². The molecule has 2 rings (SSSR count). The maximum absolute atomic E-state index is 8.29. The van der Waals surface area contributed by atoms with Gasteiger partial charge >= 0.3 is 11.6 Å². The molecule has 0 aliphatic rings. The highest BCUT2D eigenvalue weighted by molar-refractivity contribution is 14.1. The van der Waals surface area contributed by atoms with Gasteiger partial charge in [-0.1, -0.05) is 6.92 Å². The number of hydrogen-bond acceptors (Lipinski definition) is 3. The third kappa shape index (κ3) is 3.15. The molecule has 0 bridgehead atoms. The van der Waals surface area contributed by atoms with E-state index in [9.17, 15) is 0 Å². The first kappa shape index (κ1) is 13.4. The minimum absolute atomic E-state index is 0.750. The van der Waals surface area contributed by atoms with Gasteiger partial charge in [-0.15, -0.1) is 0 Å². The number of fused-ring (bicyclic) bond motifs is 1. The van der Waals surface area contributed by atoms with Crippen LogP contribution in [0.4, 0.5) is 0 Å². The molecule has 0 saturated carbocycles. The first-order chi connectivity index (χ1) is 7.62. The second-order valence-electron chi connectivity index (χ2n) is 3.30. The fourth-order valence-corrected chi connectivity index (χ4v) is 2.39. The summed E-state index contributed by atoms with van der Waals surface area (Å²) in [6.45, 7) is 4.22. The number of halogens is 1. The molecular formula is C11H11IO3S. The van der Waals surface area contributed by atoms with Crippen molar-refractivity contribution in [3.8, 4) is 0 Å². The molecule has 0 unspecified atom stereocenters. The van der Waals surface area contributed by atoms with Crippen LogP contribution in [0.15, 0.2) is 22.6 Å². The van der Waals surface area contributed by atoms with Crippen molar-refractivity contribution in [1.29, 1.82) is 0 Å². The van der Waals surface area contributed by atoms with E-state index in [4.69, 9.17) is 12.8 Å². The summed E-state index contributed by atoms with van der Waals surface area (Å²) in [5.74, 6) is 1.07. The average molecular weight is 350 g/mol. The van der Waals surface area contributed by atoms with Crippen molar-refractivity contribution in [2.24, 2.45) is 0 Å². The molecular weight excluding hydrogens is 339 g/mol. The summed E-state index contributed by atoms with van der Waals surface area (Å²) >= 11 is 1.57. The maximum Gasteiger partial charge on any atom is 0.335 e. The lowest BCUT2D eigenvalue weighted by atomic mass is 10.2. The number of rotatable bonds is 1. The Hall–Kier alpha value is -0.690. The number of aryl methyl sites for hydroxylation is 2. The summed E-state index contributed by atoms with van der Waals surface area (Å²) in [6, 6.07) is 6.44. The molecule has 0 spiro atoms. The molecule has 1 heterocycles. The van der Waals surface area contributed by atoms with Crippen LogP contribution < -0.4 is 0 Å². The van der Waals surface area contributed by atoms with E-state index in [1.807, 2.05) is 0 Å². The number of furan rings is 1. The summed E-state index contributed by atoms with van der Waals surface area (Å²) in [4.78, 5) is 0. The second-order valence-corrected chi connectivity index (χ2v) is 4.60. The first-order valence-corrected chi connectivity index (χ1v) is 6.47. The van der Waals surface area contributed by atoms with Crippen molar-refractivity contribution in [2.45, 2.75) is 20.3 Å². The number of hydrogen-bond donors (Lipinski definition) is 0. The van der Waals surface area contributed by atoms with Crippen molar-refractivity contribution in [2.75, 3.05) is 0 Å². The van der Waals surface area contributed by atoms with Crippen LogP contribution in [0.25, 0.3) is 11.0 Å². The van der Waals surface area contributed by atoms with Gasteiger partial charge in [0.1, 0.15) is 11.3 Å². The molecule has 1 aromatic heterocycles. The van der Waals surface area contributed by atoms with E-state index in [1.165, 1.54) is 14.5 Å². The van der Waals surface area contributed by atoms with Crippen LogP contribution in [0, 0.1) is 10.5 Å². The average Bonchev–Trinajstić information content (AvgIpc) is 2.62. The van der Waals surface area contributed by atoms with Gasteiger partial charge in [0.15, 0.2) is 0 Å². The van der Waals surface area contributed by atoms with E-state index in [2.05, 4.69) is 54.6 Å². The standard InChI is InChI=1S/C11H11IO.O2S/c1-3-9-6-8-4-7(2)5-10(12)11(8)13-9;1-3-2/h4-6H,3H2,1-2H3;. The van der Waals surface area contributed by atoms with Crippen LogP contribution in [0.3, 0.4) is 0 Å². The maximum atomic E-state index is 8.29. The molecule has 0 N–H and O–H groups in total. The van der Waals surface area contributed by atoms with E-state index in [-0.39, 0.29) is 0 Å². The first-order valence-electron chi connectivity index (χ1n) is 4.72. The van der Waals surface area contributed by atoms with Gasteiger partial charge in [-0.05, 0) is 53.3 Å². The summed E-state index contributed by atoms with van der Waals surface area (Å²) in [7, 11) is 0. The fourth-order valence-electron chi connectivity index (χ4n) is 1.48. The highest BCUT2D eigenvalue weighted by Gasteiger charge is 2.05. The van der Waals surface area contributed by atoms with E-state index >= 15 is 0 Å². The lowest BCUT2D eigenvalue weighted by Gasteiger charge is -1.95. The Morgan fingerprint density at radius 2 is 1.94 bits per heavy atom. The van der Waals surface area contributed by atoms with Crippen LogP contribution in [-0.4, -0.2) is 8.42 Å². The summed E-state index contributed by atoms with van der Waals surface area (Å²) in [5, 5.41) is 1.22. The van der Waals surface area contributed by atoms with Gasteiger partial charge in [0.2, 0.25) is 0 Å². The largest absolute Gasteiger partial charge is 0.460 e. The molecule has 0 saturated heterocycles. The van der Waals surface area contributed by atoms with Crippen molar-refractivity contribution in [3.05, 3.63) is 33.1 Å². The quantitative estimate of drug-likeness (QED) is 0.742. The molecule has 1 aromatic carbocycles. The second kappa shape index (κ2) is 6.15. The van der Waals surface area contributed by atoms with E-state index in [0.29, 0.717) is 0 Å². The van der Waals surface area contributed by atoms with Crippen LogP contribution in [-0.2, 0) is 18.0 Å². The molecule has 5 heteroatoms. The summed E-state index contributed by atoms with van der Waals surface area (Å²) in [6.07, 6.45) is 0.962. The van der Waals surface area contributed by atoms with Gasteiger partial charge in [0.25, 0.3) is 0 Å². The van der Waals surface area contributed by atoms with Crippen LogP contribution in [0.1, 0.15) is 18.2 Å².